The van der Waals surface area contributed by atoms with Crippen LogP contribution in [0.1, 0.15) is 17.3 Å². The molecule has 5 nitrogen and oxygen atoms in total. The summed E-state index contributed by atoms with van der Waals surface area (Å²) in [7, 11) is 0. The average molecular weight is 178 g/mol. The zero-order valence-corrected chi connectivity index (χ0v) is 6.83. The van der Waals surface area contributed by atoms with Crippen LogP contribution in [0.5, 0.6) is 0 Å². The quantitative estimate of drug-likeness (QED) is 0.652. The lowest BCUT2D eigenvalue weighted by Crippen LogP contribution is -1.94. The summed E-state index contributed by atoms with van der Waals surface area (Å²) in [5, 5.41) is 0. The number of ketones is 1. The van der Waals surface area contributed by atoms with Gasteiger partial charge in [0.05, 0.1) is 0 Å². The number of carbonyl (C=O) groups excluding carboxylic acids is 1. The van der Waals surface area contributed by atoms with E-state index in [2.05, 4.69) is 14.4 Å². The van der Waals surface area contributed by atoms with Crippen molar-refractivity contribution in [3.63, 3.8) is 0 Å². The Morgan fingerprint density at radius 3 is 3.08 bits per heavy atom. The van der Waals surface area contributed by atoms with Gasteiger partial charge in [-0.05, 0) is 13.0 Å². The smallest absolute Gasteiger partial charge is 0.389 e. The summed E-state index contributed by atoms with van der Waals surface area (Å²) < 4.78 is 4.67. The number of hydrogen-bond donors (Lipinski definition) is 1. The molecule has 0 saturated heterocycles. The Hall–Kier alpha value is -1.91. The maximum Gasteiger partial charge on any atom is 0.418 e. The molecule has 0 aliphatic rings. The van der Waals surface area contributed by atoms with Crippen LogP contribution < -0.4 is 5.76 Å². The fourth-order valence-electron chi connectivity index (χ4n) is 1.04. The van der Waals surface area contributed by atoms with Crippen molar-refractivity contribution in [2.24, 2.45) is 0 Å². The molecule has 0 atom stereocenters. The first-order chi connectivity index (χ1) is 6.16. The number of nitrogens with zero attached hydrogens (tertiary/aromatic N) is 1. The first kappa shape index (κ1) is 7.72. The van der Waals surface area contributed by atoms with Crippen molar-refractivity contribution in [2.45, 2.75) is 6.92 Å². The molecule has 0 aromatic carbocycles. The van der Waals surface area contributed by atoms with E-state index in [0.29, 0.717) is 11.1 Å². The van der Waals surface area contributed by atoms with Gasteiger partial charge in [0, 0.05) is 11.8 Å². The zero-order chi connectivity index (χ0) is 9.42. The minimum absolute atomic E-state index is 0.101. The Kier molecular flexibility index (Phi) is 1.51. The third-order valence-corrected chi connectivity index (χ3v) is 1.68. The molecule has 0 aliphatic heterocycles. The van der Waals surface area contributed by atoms with E-state index in [4.69, 9.17) is 0 Å². The third kappa shape index (κ3) is 1.24. The van der Waals surface area contributed by atoms with Crippen LogP contribution in [-0.2, 0) is 0 Å². The molecule has 5 heteroatoms. The predicted octanol–water partition coefficient (Wildman–Crippen LogP) is 0.719. The normalized spacial score (nSPS) is 10.5. The molecule has 2 heterocycles. The van der Waals surface area contributed by atoms with Crippen LogP contribution in [-0.4, -0.2) is 15.8 Å². The first-order valence-electron chi connectivity index (χ1n) is 3.66. The van der Waals surface area contributed by atoms with Crippen molar-refractivity contribution in [3.05, 3.63) is 28.4 Å². The van der Waals surface area contributed by atoms with E-state index >= 15 is 0 Å². The second kappa shape index (κ2) is 2.55. The molecule has 0 saturated carbocycles. The van der Waals surface area contributed by atoms with Gasteiger partial charge in [0.15, 0.2) is 5.78 Å². The second-order valence-corrected chi connectivity index (χ2v) is 2.65. The van der Waals surface area contributed by atoms with Gasteiger partial charge < -0.3 is 4.42 Å². The third-order valence-electron chi connectivity index (χ3n) is 1.68. The van der Waals surface area contributed by atoms with Crippen LogP contribution in [0.2, 0.25) is 0 Å². The summed E-state index contributed by atoms with van der Waals surface area (Å²) in [4.78, 5) is 27.9. The number of Topliss-reactive ketones (excluding diaryl/α,β-unsaturated/α-hetero) is 1. The number of fused-ring (bicyclic) bond motifs is 1. The molecule has 2 aromatic rings. The van der Waals surface area contributed by atoms with Gasteiger partial charge in [-0.1, -0.05) is 0 Å². The highest BCUT2D eigenvalue weighted by molar-refractivity contribution is 5.95. The van der Waals surface area contributed by atoms with Gasteiger partial charge in [-0.25, -0.2) is 9.78 Å². The molecule has 0 aliphatic carbocycles. The number of H-pyrrole nitrogens is 1. The standard InChI is InChI=1S/C8H6N2O3/c1-4(11)5-2-6-7(9-3-5)13-8(12)10-6/h2-3H,1H3,(H,10,12). The van der Waals surface area contributed by atoms with E-state index in [-0.39, 0.29) is 11.5 Å². The number of aromatic nitrogens is 2. The molecular formula is C8H6N2O3. The van der Waals surface area contributed by atoms with Crippen LogP contribution in [0.4, 0.5) is 0 Å². The molecule has 0 amide bonds. The summed E-state index contributed by atoms with van der Waals surface area (Å²) in [6.45, 7) is 1.43. The molecule has 2 aromatic heterocycles. The Balaban J connectivity index is 2.74. The number of nitrogens with one attached hydrogen (secondary N) is 1. The van der Waals surface area contributed by atoms with Gasteiger partial charge in [0.25, 0.3) is 0 Å². The van der Waals surface area contributed by atoms with Crippen LogP contribution in [0.25, 0.3) is 11.2 Å². The summed E-state index contributed by atoms with van der Waals surface area (Å²) >= 11 is 0. The van der Waals surface area contributed by atoms with Crippen LogP contribution >= 0.6 is 0 Å². The number of carbonyl (C=O) groups is 1. The summed E-state index contributed by atoms with van der Waals surface area (Å²) in [5.41, 5.74) is 1.11. The van der Waals surface area contributed by atoms with Crippen LogP contribution in [0.3, 0.4) is 0 Å². The maximum atomic E-state index is 10.9. The van der Waals surface area contributed by atoms with Gasteiger partial charge in [-0.3, -0.25) is 9.78 Å². The molecule has 0 fully saturated rings. The zero-order valence-electron chi connectivity index (χ0n) is 6.83. The Labute approximate surface area is 72.4 Å². The highest BCUT2D eigenvalue weighted by Crippen LogP contribution is 2.08. The molecular weight excluding hydrogens is 172 g/mol. The molecule has 66 valence electrons. The Morgan fingerprint density at radius 2 is 2.38 bits per heavy atom. The van der Waals surface area contributed by atoms with Crippen molar-refractivity contribution < 1.29 is 9.21 Å². The van der Waals surface area contributed by atoms with Crippen molar-refractivity contribution in [1.82, 2.24) is 9.97 Å². The Morgan fingerprint density at radius 1 is 1.62 bits per heavy atom. The number of oxazole rings is 1. The lowest BCUT2D eigenvalue weighted by molar-refractivity contribution is 0.101. The summed E-state index contributed by atoms with van der Waals surface area (Å²) in [6.07, 6.45) is 1.38. The van der Waals surface area contributed by atoms with E-state index < -0.39 is 5.76 Å². The van der Waals surface area contributed by atoms with E-state index in [1.165, 1.54) is 19.2 Å². The predicted molar refractivity (Wildman–Crippen MR) is 44.6 cm³/mol. The molecule has 0 bridgehead atoms. The fraction of sp³-hybridized carbons (Fsp3) is 0.125. The van der Waals surface area contributed by atoms with E-state index in [0.717, 1.165) is 0 Å². The summed E-state index contributed by atoms with van der Waals surface area (Å²) in [5.74, 6) is -0.667. The maximum absolute atomic E-state index is 10.9. The molecule has 1 N–H and O–H groups in total. The topological polar surface area (TPSA) is 76.0 Å². The van der Waals surface area contributed by atoms with Crippen molar-refractivity contribution in [3.8, 4) is 0 Å². The lowest BCUT2D eigenvalue weighted by Gasteiger charge is -1.91. The molecule has 0 unspecified atom stereocenters. The molecule has 0 spiro atoms. The van der Waals surface area contributed by atoms with Gasteiger partial charge in [-0.15, -0.1) is 0 Å². The number of aromatic amines is 1. The molecule has 0 radical (unpaired) electrons. The highest BCUT2D eigenvalue weighted by atomic mass is 16.4. The van der Waals surface area contributed by atoms with Crippen molar-refractivity contribution in [2.75, 3.05) is 0 Å². The van der Waals surface area contributed by atoms with Crippen LogP contribution in [0, 0.1) is 0 Å². The lowest BCUT2D eigenvalue weighted by atomic mass is 10.2. The van der Waals surface area contributed by atoms with Gasteiger partial charge >= 0.3 is 5.76 Å². The minimum Gasteiger partial charge on any atom is -0.389 e. The van der Waals surface area contributed by atoms with Crippen molar-refractivity contribution >= 4 is 17.0 Å². The average Bonchev–Trinajstić information content (AvgIpc) is 2.42. The minimum atomic E-state index is -0.566. The van der Waals surface area contributed by atoms with E-state index in [1.807, 2.05) is 0 Å². The molecule has 13 heavy (non-hydrogen) atoms. The van der Waals surface area contributed by atoms with Gasteiger partial charge in [-0.2, -0.15) is 0 Å². The molecule has 2 rings (SSSR count). The summed E-state index contributed by atoms with van der Waals surface area (Å²) in [6, 6.07) is 1.54. The monoisotopic (exact) mass is 178 g/mol. The van der Waals surface area contributed by atoms with E-state index in [9.17, 15) is 9.59 Å². The first-order valence-corrected chi connectivity index (χ1v) is 3.66. The van der Waals surface area contributed by atoms with Crippen LogP contribution in [0.15, 0.2) is 21.5 Å². The Bertz CT molecular complexity index is 523. The number of pyridine rings is 1. The van der Waals surface area contributed by atoms with Crippen molar-refractivity contribution in [1.29, 1.82) is 0 Å². The largest absolute Gasteiger partial charge is 0.418 e. The number of hydrogen-bond acceptors (Lipinski definition) is 4. The SMILES string of the molecule is CC(=O)c1cnc2oc(=O)[nH]c2c1. The van der Waals surface area contributed by atoms with Gasteiger partial charge in [0.1, 0.15) is 5.52 Å². The number of rotatable bonds is 1. The highest BCUT2D eigenvalue weighted by Gasteiger charge is 2.05. The van der Waals surface area contributed by atoms with Gasteiger partial charge in [0.2, 0.25) is 5.71 Å². The van der Waals surface area contributed by atoms with E-state index in [1.54, 1.807) is 0 Å². The second-order valence-electron chi connectivity index (χ2n) is 2.65. The fourth-order valence-corrected chi connectivity index (χ4v) is 1.04.